The van der Waals surface area contributed by atoms with Gasteiger partial charge in [0.25, 0.3) is 6.43 Å². The van der Waals surface area contributed by atoms with Crippen LogP contribution in [-0.4, -0.2) is 26.6 Å². The molecule has 1 aromatic carbocycles. The minimum atomic E-state index is -2.32. The van der Waals surface area contributed by atoms with Crippen molar-refractivity contribution in [2.75, 3.05) is 14.2 Å². The van der Waals surface area contributed by atoms with Gasteiger partial charge in [0.1, 0.15) is 5.75 Å². The maximum absolute atomic E-state index is 12.4. The summed E-state index contributed by atoms with van der Waals surface area (Å²) in [7, 11) is 3.16. The van der Waals surface area contributed by atoms with E-state index >= 15 is 0 Å². The molecule has 90 valence electrons. The molecule has 4 heteroatoms. The lowest BCUT2D eigenvalue weighted by Crippen LogP contribution is -2.32. The van der Waals surface area contributed by atoms with Gasteiger partial charge >= 0.3 is 0 Å². The molecule has 0 bridgehead atoms. The van der Waals surface area contributed by atoms with Gasteiger partial charge in [-0.05, 0) is 37.6 Å². The van der Waals surface area contributed by atoms with Crippen LogP contribution in [0.4, 0.5) is 8.78 Å². The molecule has 0 radical (unpaired) electrons. The molecule has 0 amide bonds. The van der Waals surface area contributed by atoms with E-state index in [0.717, 1.165) is 11.3 Å². The molecule has 1 unspecified atom stereocenters. The third kappa shape index (κ3) is 3.77. The largest absolute Gasteiger partial charge is 0.497 e. The van der Waals surface area contributed by atoms with E-state index in [-0.39, 0.29) is 0 Å². The Bertz CT molecular complexity index is 300. The number of hydrogen-bond donors (Lipinski definition) is 1. The quantitative estimate of drug-likeness (QED) is 0.809. The van der Waals surface area contributed by atoms with Crippen molar-refractivity contribution in [3.63, 3.8) is 0 Å². The highest BCUT2D eigenvalue weighted by Gasteiger charge is 2.17. The summed E-state index contributed by atoms with van der Waals surface area (Å²) in [6, 6.07) is 6.74. The van der Waals surface area contributed by atoms with Gasteiger partial charge in [-0.3, -0.25) is 0 Å². The van der Waals surface area contributed by atoms with Crippen molar-refractivity contribution in [1.82, 2.24) is 5.32 Å². The summed E-state index contributed by atoms with van der Waals surface area (Å²) < 4.78 is 29.9. The van der Waals surface area contributed by atoms with Crippen molar-refractivity contribution in [1.29, 1.82) is 0 Å². The van der Waals surface area contributed by atoms with Crippen LogP contribution >= 0.6 is 0 Å². The van der Waals surface area contributed by atoms with Gasteiger partial charge in [-0.1, -0.05) is 12.1 Å². The van der Waals surface area contributed by atoms with Crippen LogP contribution in [0, 0.1) is 0 Å². The standard InChI is InChI=1S/C12H17F2NO/c1-15-11(12(13)14)8-5-9-3-6-10(16-2)7-4-9/h3-4,6-7,11-12,15H,5,8H2,1-2H3. The SMILES string of the molecule is CNC(CCc1ccc(OC)cc1)C(F)F. The second kappa shape index (κ2) is 6.43. The Kier molecular flexibility index (Phi) is 5.19. The van der Waals surface area contributed by atoms with E-state index in [9.17, 15) is 8.78 Å². The second-order valence-corrected chi connectivity index (χ2v) is 3.62. The lowest BCUT2D eigenvalue weighted by molar-refractivity contribution is 0.0981. The van der Waals surface area contributed by atoms with Crippen molar-refractivity contribution in [2.24, 2.45) is 0 Å². The molecule has 0 aliphatic rings. The third-order valence-electron chi connectivity index (χ3n) is 2.58. The zero-order valence-corrected chi connectivity index (χ0v) is 9.54. The molecular weight excluding hydrogens is 212 g/mol. The molecule has 2 nitrogen and oxygen atoms in total. The molecule has 0 fully saturated rings. The fourth-order valence-electron chi connectivity index (χ4n) is 1.51. The Labute approximate surface area is 94.6 Å². The van der Waals surface area contributed by atoms with Crippen LogP contribution in [-0.2, 0) is 6.42 Å². The molecule has 0 aliphatic heterocycles. The molecule has 0 aliphatic carbocycles. The minimum absolute atomic E-state index is 0.431. The van der Waals surface area contributed by atoms with Gasteiger partial charge in [-0.2, -0.15) is 0 Å². The minimum Gasteiger partial charge on any atom is -0.497 e. The highest BCUT2D eigenvalue weighted by Crippen LogP contribution is 2.14. The topological polar surface area (TPSA) is 21.3 Å². The molecule has 0 aromatic heterocycles. The van der Waals surface area contributed by atoms with E-state index in [1.54, 1.807) is 14.2 Å². The van der Waals surface area contributed by atoms with Gasteiger partial charge in [0, 0.05) is 0 Å². The van der Waals surface area contributed by atoms with Crippen LogP contribution in [0.25, 0.3) is 0 Å². The van der Waals surface area contributed by atoms with Crippen molar-refractivity contribution in [3.05, 3.63) is 29.8 Å². The van der Waals surface area contributed by atoms with E-state index in [4.69, 9.17) is 4.74 Å². The maximum Gasteiger partial charge on any atom is 0.253 e. The first kappa shape index (κ1) is 12.9. The molecule has 1 rings (SSSR count). The van der Waals surface area contributed by atoms with Gasteiger partial charge in [0.05, 0.1) is 13.2 Å². The van der Waals surface area contributed by atoms with Crippen LogP contribution < -0.4 is 10.1 Å². The second-order valence-electron chi connectivity index (χ2n) is 3.62. The molecule has 0 spiro atoms. The zero-order valence-electron chi connectivity index (χ0n) is 9.54. The van der Waals surface area contributed by atoms with Crippen LogP contribution in [0.15, 0.2) is 24.3 Å². The van der Waals surface area contributed by atoms with Crippen molar-refractivity contribution in [3.8, 4) is 5.75 Å². The first-order valence-corrected chi connectivity index (χ1v) is 5.25. The molecule has 0 heterocycles. The summed E-state index contributed by atoms with van der Waals surface area (Å²) in [5.74, 6) is 0.780. The Morgan fingerprint density at radius 3 is 2.31 bits per heavy atom. The molecule has 1 aromatic rings. The molecule has 16 heavy (non-hydrogen) atoms. The van der Waals surface area contributed by atoms with Gasteiger partial charge in [-0.25, -0.2) is 8.78 Å². The number of aryl methyl sites for hydroxylation is 1. The number of halogens is 2. The summed E-state index contributed by atoms with van der Waals surface area (Å²) in [5.41, 5.74) is 1.04. The third-order valence-corrected chi connectivity index (χ3v) is 2.58. The van der Waals surface area contributed by atoms with Gasteiger partial charge < -0.3 is 10.1 Å². The van der Waals surface area contributed by atoms with E-state index in [1.165, 1.54) is 0 Å². The van der Waals surface area contributed by atoms with Crippen molar-refractivity contribution >= 4 is 0 Å². The van der Waals surface area contributed by atoms with Gasteiger partial charge in [-0.15, -0.1) is 0 Å². The monoisotopic (exact) mass is 229 g/mol. The smallest absolute Gasteiger partial charge is 0.253 e. The first-order chi connectivity index (χ1) is 7.67. The summed E-state index contributed by atoms with van der Waals surface area (Å²) in [4.78, 5) is 0. The summed E-state index contributed by atoms with van der Waals surface area (Å²) in [6.07, 6.45) is -1.25. The number of hydrogen-bond acceptors (Lipinski definition) is 2. The van der Waals surface area contributed by atoms with Crippen LogP contribution in [0.5, 0.6) is 5.75 Å². The van der Waals surface area contributed by atoms with Crippen LogP contribution in [0.1, 0.15) is 12.0 Å². The molecular formula is C12H17F2NO. The summed E-state index contributed by atoms with van der Waals surface area (Å²) in [5, 5.41) is 2.62. The Hall–Kier alpha value is -1.16. The number of methoxy groups -OCH3 is 1. The van der Waals surface area contributed by atoms with E-state index in [1.807, 2.05) is 24.3 Å². The average molecular weight is 229 g/mol. The predicted octanol–water partition coefficient (Wildman–Crippen LogP) is 2.48. The number of nitrogens with one attached hydrogen (secondary N) is 1. The van der Waals surface area contributed by atoms with E-state index in [0.29, 0.717) is 12.8 Å². The Balaban J connectivity index is 2.47. The maximum atomic E-state index is 12.4. The van der Waals surface area contributed by atoms with E-state index < -0.39 is 12.5 Å². The fraction of sp³-hybridized carbons (Fsp3) is 0.500. The molecule has 1 atom stereocenters. The number of rotatable bonds is 6. The molecule has 1 N–H and O–H groups in total. The zero-order chi connectivity index (χ0) is 12.0. The lowest BCUT2D eigenvalue weighted by atomic mass is 10.1. The first-order valence-electron chi connectivity index (χ1n) is 5.25. The highest BCUT2D eigenvalue weighted by atomic mass is 19.3. The van der Waals surface area contributed by atoms with E-state index in [2.05, 4.69) is 5.32 Å². The lowest BCUT2D eigenvalue weighted by Gasteiger charge is -2.14. The molecule has 0 saturated heterocycles. The van der Waals surface area contributed by atoms with Gasteiger partial charge in [0.2, 0.25) is 0 Å². The Morgan fingerprint density at radius 2 is 1.88 bits per heavy atom. The average Bonchev–Trinajstić information content (AvgIpc) is 2.30. The number of benzene rings is 1. The normalized spacial score (nSPS) is 12.8. The molecule has 0 saturated carbocycles. The van der Waals surface area contributed by atoms with Gasteiger partial charge in [0.15, 0.2) is 0 Å². The van der Waals surface area contributed by atoms with Crippen LogP contribution in [0.2, 0.25) is 0 Å². The number of ether oxygens (including phenoxy) is 1. The Morgan fingerprint density at radius 1 is 1.25 bits per heavy atom. The predicted molar refractivity (Wildman–Crippen MR) is 60.2 cm³/mol. The fourth-order valence-corrected chi connectivity index (χ4v) is 1.51. The summed E-state index contributed by atoms with van der Waals surface area (Å²) in [6.45, 7) is 0. The van der Waals surface area contributed by atoms with Crippen LogP contribution in [0.3, 0.4) is 0 Å². The number of alkyl halides is 2. The highest BCUT2D eigenvalue weighted by molar-refractivity contribution is 5.27. The van der Waals surface area contributed by atoms with Crippen molar-refractivity contribution in [2.45, 2.75) is 25.3 Å². The summed E-state index contributed by atoms with van der Waals surface area (Å²) >= 11 is 0. The van der Waals surface area contributed by atoms with Crippen molar-refractivity contribution < 1.29 is 13.5 Å².